The van der Waals surface area contributed by atoms with E-state index in [1.165, 1.54) is 122 Å². The number of hydrogen-bond donors (Lipinski definition) is 0. The van der Waals surface area contributed by atoms with Gasteiger partial charge in [0.1, 0.15) is 11.5 Å². The average Bonchev–Trinajstić information content (AvgIpc) is 1.55. The molecule has 1 aromatic heterocycles. The monoisotopic (exact) mass is 1500 g/mol. The van der Waals surface area contributed by atoms with Crippen molar-refractivity contribution in [2.45, 2.75) is 101 Å². The molecule has 2 atom stereocenters. The zero-order chi connectivity index (χ0) is 78.6. The first-order chi connectivity index (χ1) is 57.0. The van der Waals surface area contributed by atoms with Crippen molar-refractivity contribution in [3.63, 3.8) is 0 Å². The van der Waals surface area contributed by atoms with E-state index in [0.29, 0.717) is 13.2 Å². The van der Waals surface area contributed by atoms with Crippen LogP contribution in [0.25, 0.3) is 106 Å². The Morgan fingerprint density at radius 3 is 1.04 bits per heavy atom. The summed E-state index contributed by atoms with van der Waals surface area (Å²) in [7, 11) is 0. The molecule has 4 nitrogen and oxygen atoms in total. The third kappa shape index (κ3) is 14.4. The van der Waals surface area contributed by atoms with Gasteiger partial charge in [0.2, 0.25) is 0 Å². The van der Waals surface area contributed by atoms with Gasteiger partial charge in [-0.3, -0.25) is 0 Å². The van der Waals surface area contributed by atoms with Gasteiger partial charge in [-0.05, 0) is 257 Å². The van der Waals surface area contributed by atoms with Crippen LogP contribution < -0.4 is 14.4 Å². The number of nitrogens with zero attached hydrogens (tertiary/aromatic N) is 2. The topological polar surface area (TPSA) is 26.6 Å². The summed E-state index contributed by atoms with van der Waals surface area (Å²) in [5.41, 5.74) is 32.7. The third-order valence-electron chi connectivity index (χ3n) is 24.7. The van der Waals surface area contributed by atoms with Crippen LogP contribution in [0.1, 0.15) is 135 Å². The highest BCUT2D eigenvalue weighted by molar-refractivity contribution is 6.12. The number of benzene rings is 15. The number of fused-ring (bicyclic) bond motifs is 9. The fraction of sp³-hybridized carbons (Fsp3) is 0.161. The lowest BCUT2D eigenvalue weighted by Crippen LogP contribution is -2.27. The second-order valence-corrected chi connectivity index (χ2v) is 32.7. The van der Waals surface area contributed by atoms with Crippen LogP contribution in [0.4, 0.5) is 17.1 Å². The van der Waals surface area contributed by atoms with Gasteiger partial charge in [-0.25, -0.2) is 0 Å². The quantitative estimate of drug-likeness (QED) is 0.0457. The summed E-state index contributed by atoms with van der Waals surface area (Å²) in [5.74, 6) is 1.82. The zero-order valence-corrected chi connectivity index (χ0v) is 66.8. The molecule has 116 heavy (non-hydrogen) atoms. The second-order valence-electron chi connectivity index (χ2n) is 32.7. The molecular formula is C112H98N2O2. The Hall–Kier alpha value is -13.0. The summed E-state index contributed by atoms with van der Waals surface area (Å²) >= 11 is 0. The molecule has 0 fully saturated rings. The number of rotatable bonds is 28. The minimum Gasteiger partial charge on any atom is -0.494 e. The molecular weight excluding hydrogens is 1410 g/mol. The standard InChI is InChI=1S/C112H98N2O2/c1-6-79-39-63-96(64-40-79)115-73-27-10-8-25-71-111(90-29-15-12-16-30-90)104-37-23-21-35-98(104)100-67-51-87(77-106(100)111)83-47-59-94(60-48-83)113(93-57-45-82(46-58-93)86-54-70-109-103(76-86)102-75-85(81-43-55-89(56-44-81)110(3,4)5)53-69-108(102)114(109)92-33-19-14-20-34-92)95-61-49-84(50-62-95)88-52-68-101-99-36-22-24-38-105(99)112(107(101)78-88,91-31-17-13-18-32-91)72-26-9-11-28-74-116-97-65-41-80(7-2)42-66-97/h6-7,12-24,29-70,75-78H,1-2,8-11,25-28,71-74H2,3-5H3. The Balaban J connectivity index is 0.682. The molecule has 16 aromatic rings. The lowest BCUT2D eigenvalue weighted by molar-refractivity contribution is 0.303. The maximum Gasteiger partial charge on any atom is 0.119 e. The van der Waals surface area contributed by atoms with E-state index in [1.807, 2.05) is 36.4 Å². The van der Waals surface area contributed by atoms with Crippen molar-refractivity contribution in [1.82, 2.24) is 4.57 Å². The Labute approximate surface area is 685 Å². The van der Waals surface area contributed by atoms with Gasteiger partial charge in [-0.1, -0.05) is 333 Å². The molecule has 0 saturated heterocycles. The van der Waals surface area contributed by atoms with E-state index in [9.17, 15) is 0 Å². The molecule has 4 heteroatoms. The van der Waals surface area contributed by atoms with Crippen molar-refractivity contribution >= 4 is 51.0 Å². The van der Waals surface area contributed by atoms with Gasteiger partial charge in [-0.15, -0.1) is 0 Å². The Morgan fingerprint density at radius 2 is 0.647 bits per heavy atom. The van der Waals surface area contributed by atoms with Gasteiger partial charge in [0.05, 0.1) is 24.2 Å². The molecule has 15 aromatic carbocycles. The molecule has 0 N–H and O–H groups in total. The summed E-state index contributed by atoms with van der Waals surface area (Å²) < 4.78 is 14.8. The number of unbranched alkanes of at least 4 members (excludes halogenated alkanes) is 6. The minimum absolute atomic E-state index is 0.0720. The van der Waals surface area contributed by atoms with Gasteiger partial charge in [0.15, 0.2) is 0 Å². The average molecular weight is 1500 g/mol. The van der Waals surface area contributed by atoms with Crippen LogP contribution >= 0.6 is 0 Å². The maximum absolute atomic E-state index is 6.20. The molecule has 568 valence electrons. The summed E-state index contributed by atoms with van der Waals surface area (Å²) in [5, 5.41) is 2.45. The Kier molecular flexibility index (Phi) is 20.8. The first kappa shape index (κ1) is 74.4. The normalized spacial score (nSPS) is 14.5. The van der Waals surface area contributed by atoms with Crippen LogP contribution in [0.15, 0.2) is 371 Å². The van der Waals surface area contributed by atoms with Gasteiger partial charge in [0, 0.05) is 44.4 Å². The number of ether oxygens (including phenoxy) is 2. The Morgan fingerprint density at radius 1 is 0.310 bits per heavy atom. The van der Waals surface area contributed by atoms with Crippen molar-refractivity contribution in [2.75, 3.05) is 18.1 Å². The van der Waals surface area contributed by atoms with Crippen molar-refractivity contribution in [2.24, 2.45) is 0 Å². The molecule has 2 unspecified atom stereocenters. The predicted molar refractivity (Wildman–Crippen MR) is 490 cm³/mol. The molecule has 0 radical (unpaired) electrons. The molecule has 2 aliphatic carbocycles. The van der Waals surface area contributed by atoms with Crippen molar-refractivity contribution in [3.05, 3.63) is 421 Å². The molecule has 0 amide bonds. The van der Waals surface area contributed by atoms with E-state index in [4.69, 9.17) is 9.47 Å². The van der Waals surface area contributed by atoms with Gasteiger partial charge in [0.25, 0.3) is 0 Å². The molecule has 0 bridgehead atoms. The first-order valence-electron chi connectivity index (χ1n) is 41.7. The number of aromatic nitrogens is 1. The molecule has 0 aliphatic heterocycles. The van der Waals surface area contributed by atoms with Gasteiger partial charge >= 0.3 is 0 Å². The van der Waals surface area contributed by atoms with E-state index < -0.39 is 0 Å². The lowest BCUT2D eigenvalue weighted by Gasteiger charge is -2.33. The number of hydrogen-bond acceptors (Lipinski definition) is 3. The molecule has 0 saturated carbocycles. The van der Waals surface area contributed by atoms with E-state index in [2.05, 4.69) is 377 Å². The fourth-order valence-electron chi connectivity index (χ4n) is 18.7. The lowest BCUT2D eigenvalue weighted by atomic mass is 9.69. The largest absolute Gasteiger partial charge is 0.494 e. The molecule has 18 rings (SSSR count). The predicted octanol–water partition coefficient (Wildman–Crippen LogP) is 30.2. The van der Waals surface area contributed by atoms with Crippen LogP contribution in [-0.4, -0.2) is 17.8 Å². The van der Waals surface area contributed by atoms with Crippen LogP contribution in [0.3, 0.4) is 0 Å². The smallest absolute Gasteiger partial charge is 0.119 e. The van der Waals surface area contributed by atoms with Crippen LogP contribution in [0.2, 0.25) is 0 Å². The van der Waals surface area contributed by atoms with Gasteiger partial charge in [-0.2, -0.15) is 0 Å². The SMILES string of the molecule is C=Cc1ccc(OCCCCCCC2(c3ccccc3)c3ccccc3-c3ccc(-c4ccc(N(c5ccc(-c6ccc7c(c6)C(CCCCCCOc6ccc(C=C)cc6)(c6ccccc6)c6ccccc6-7)cc5)c5ccc(-c6ccc7c(c6)c6cc(-c8ccc(C(C)(C)C)cc8)ccc6n7-c6ccccc6)cc5)cc4)cc32)cc1. The van der Waals surface area contributed by atoms with Crippen molar-refractivity contribution in [1.29, 1.82) is 0 Å². The summed E-state index contributed by atoms with van der Waals surface area (Å²) in [6.45, 7) is 16.1. The van der Waals surface area contributed by atoms with Crippen molar-refractivity contribution in [3.8, 4) is 83.9 Å². The van der Waals surface area contributed by atoms with Gasteiger partial charge < -0.3 is 18.9 Å². The second kappa shape index (κ2) is 32.5. The number of para-hydroxylation sites is 1. The highest BCUT2D eigenvalue weighted by Crippen LogP contribution is 2.58. The number of anilines is 3. The van der Waals surface area contributed by atoms with E-state index in [0.717, 1.165) is 115 Å². The molecule has 2 aliphatic rings. The minimum atomic E-state index is -0.315. The van der Waals surface area contributed by atoms with Crippen LogP contribution in [0.5, 0.6) is 11.5 Å². The molecule has 0 spiro atoms. The highest BCUT2D eigenvalue weighted by Gasteiger charge is 2.46. The van der Waals surface area contributed by atoms with Crippen LogP contribution in [0, 0.1) is 0 Å². The highest BCUT2D eigenvalue weighted by atomic mass is 16.5. The first-order valence-corrected chi connectivity index (χ1v) is 41.7. The summed E-state index contributed by atoms with van der Waals surface area (Å²) in [6.07, 6.45) is 14.4. The maximum atomic E-state index is 6.20. The summed E-state index contributed by atoms with van der Waals surface area (Å²) in [4.78, 5) is 2.43. The Bertz CT molecular complexity index is 5920. The zero-order valence-electron chi connectivity index (χ0n) is 66.8. The fourth-order valence-corrected chi connectivity index (χ4v) is 18.7. The molecule has 1 heterocycles. The third-order valence-corrected chi connectivity index (χ3v) is 24.7. The van der Waals surface area contributed by atoms with E-state index in [1.54, 1.807) is 0 Å². The van der Waals surface area contributed by atoms with Crippen LogP contribution in [-0.2, 0) is 16.2 Å². The van der Waals surface area contributed by atoms with E-state index in [-0.39, 0.29) is 16.2 Å². The van der Waals surface area contributed by atoms with Crippen molar-refractivity contribution < 1.29 is 9.47 Å². The van der Waals surface area contributed by atoms with E-state index >= 15 is 0 Å². The summed E-state index contributed by atoms with van der Waals surface area (Å²) in [6, 6.07) is 134.